The van der Waals surface area contributed by atoms with E-state index in [0.29, 0.717) is 52.8 Å². The fraction of sp³-hybridized carbons (Fsp3) is 0.632. The molecule has 0 radical (unpaired) electrons. The number of aromatic nitrogens is 5. The number of anilines is 1. The molecule has 2 aliphatic carbocycles. The van der Waals surface area contributed by atoms with E-state index in [9.17, 15) is 9.18 Å². The fourth-order valence-electron chi connectivity index (χ4n) is 9.45. The highest BCUT2D eigenvalue weighted by atomic mass is 19.1. The van der Waals surface area contributed by atoms with E-state index in [4.69, 9.17) is 4.74 Å². The van der Waals surface area contributed by atoms with Crippen molar-refractivity contribution in [2.45, 2.75) is 76.8 Å². The van der Waals surface area contributed by atoms with Crippen molar-refractivity contribution in [2.75, 3.05) is 58.3 Å². The quantitative estimate of drug-likeness (QED) is 0.282. The lowest BCUT2D eigenvalue weighted by Crippen LogP contribution is -2.65. The molecule has 1 aromatic carbocycles. The molecule has 2 aromatic heterocycles. The molecule has 3 aliphatic heterocycles. The second-order valence-electron chi connectivity index (χ2n) is 16.2. The number of carbonyl (C=O) groups excluding carboxylic acids is 1. The van der Waals surface area contributed by atoms with Gasteiger partial charge in [0.1, 0.15) is 24.2 Å². The predicted molar refractivity (Wildman–Crippen MR) is 188 cm³/mol. The van der Waals surface area contributed by atoms with Gasteiger partial charge in [-0.25, -0.2) is 19.3 Å². The van der Waals surface area contributed by atoms with Crippen molar-refractivity contribution in [2.24, 2.45) is 23.2 Å². The molecular formula is C38H50FN9O2. The third-order valence-corrected chi connectivity index (χ3v) is 12.0. The molecular weight excluding hydrogens is 633 g/mol. The zero-order chi connectivity index (χ0) is 34.6. The third-order valence-electron chi connectivity index (χ3n) is 12.0. The van der Waals surface area contributed by atoms with Crippen LogP contribution in [0.1, 0.15) is 70.4 Å². The van der Waals surface area contributed by atoms with Crippen LogP contribution in [0.2, 0.25) is 0 Å². The number of likely N-dealkylation sites (tertiary alicyclic amines) is 2. The second-order valence-corrected chi connectivity index (χ2v) is 16.2. The minimum absolute atomic E-state index is 0.145. The van der Waals surface area contributed by atoms with Gasteiger partial charge in [-0.15, -0.1) is 10.2 Å². The standard InChI is InChI=1S/C38H50FN9O2/c1-24(2)34(27-14-29(15-27)46-12-5-6-26(18-46)37(49)45(3)4)48-20-38(21-48)11-13-47(19-38)35-36(44-43-23-42-35)50-32-10-9-28(39)16-30(32)31-17-40-22-41-33(31)25-7-8-25/h9-10,16-17,22-27,29,34H,5-8,11-15,18-21H2,1-4H3/t26-,27?,29?,34+/m0/s1. The Morgan fingerprint density at radius 1 is 1.04 bits per heavy atom. The Labute approximate surface area is 294 Å². The van der Waals surface area contributed by atoms with Crippen molar-refractivity contribution in [3.63, 3.8) is 0 Å². The molecule has 0 bridgehead atoms. The van der Waals surface area contributed by atoms with Gasteiger partial charge < -0.3 is 14.5 Å². The normalized spacial score (nSPS) is 25.7. The number of carbonyl (C=O) groups is 1. The highest BCUT2D eigenvalue weighted by molar-refractivity contribution is 5.78. The summed E-state index contributed by atoms with van der Waals surface area (Å²) in [6, 6.07) is 5.72. The Morgan fingerprint density at radius 2 is 1.86 bits per heavy atom. The zero-order valence-corrected chi connectivity index (χ0v) is 29.8. The Kier molecular flexibility index (Phi) is 8.95. The first-order valence-corrected chi connectivity index (χ1v) is 18.6. The maximum Gasteiger partial charge on any atom is 0.282 e. The molecule has 8 rings (SSSR count). The van der Waals surface area contributed by atoms with Crippen LogP contribution in [0, 0.1) is 29.0 Å². The molecule has 2 atom stereocenters. The van der Waals surface area contributed by atoms with E-state index >= 15 is 0 Å². The van der Waals surface area contributed by atoms with Gasteiger partial charge in [0.2, 0.25) is 5.91 Å². The molecule has 266 valence electrons. The zero-order valence-electron chi connectivity index (χ0n) is 29.8. The van der Waals surface area contributed by atoms with E-state index in [1.807, 2.05) is 14.1 Å². The summed E-state index contributed by atoms with van der Waals surface area (Å²) in [5.74, 6) is 3.22. The van der Waals surface area contributed by atoms with E-state index in [1.54, 1.807) is 23.5 Å². The largest absolute Gasteiger partial charge is 0.434 e. The monoisotopic (exact) mass is 683 g/mol. The highest BCUT2D eigenvalue weighted by Crippen LogP contribution is 2.49. The van der Waals surface area contributed by atoms with Crippen molar-refractivity contribution in [3.05, 3.63) is 48.6 Å². The maximum atomic E-state index is 14.6. The number of benzene rings is 1. The first-order chi connectivity index (χ1) is 24.2. The number of piperidine rings is 1. The van der Waals surface area contributed by atoms with E-state index < -0.39 is 0 Å². The summed E-state index contributed by atoms with van der Waals surface area (Å²) < 4.78 is 21.0. The molecule has 12 heteroatoms. The van der Waals surface area contributed by atoms with Gasteiger partial charge in [-0.1, -0.05) is 13.8 Å². The number of hydrogen-bond acceptors (Lipinski definition) is 10. The molecule has 1 amide bonds. The van der Waals surface area contributed by atoms with Gasteiger partial charge in [-0.2, -0.15) is 0 Å². The number of halogens is 1. The summed E-state index contributed by atoms with van der Waals surface area (Å²) in [6.07, 6.45) is 12.6. The first-order valence-electron chi connectivity index (χ1n) is 18.6. The lowest BCUT2D eigenvalue weighted by molar-refractivity contribution is -0.136. The van der Waals surface area contributed by atoms with Gasteiger partial charge in [-0.3, -0.25) is 14.6 Å². The SMILES string of the molecule is CC(C)[C@H](C1CC(N2CCC[C@H](C(=O)N(C)C)C2)C1)N1CC2(CCN(c3ncnnc3Oc3ccc(F)cc3-c3cncnc3C3CC3)C2)C1. The molecule has 3 aromatic rings. The smallest absolute Gasteiger partial charge is 0.282 e. The number of hydrogen-bond donors (Lipinski definition) is 0. The second kappa shape index (κ2) is 13.4. The number of ether oxygens (including phenoxy) is 1. The Balaban J connectivity index is 0.917. The molecule has 1 spiro atoms. The molecule has 11 nitrogen and oxygen atoms in total. The Morgan fingerprint density at radius 3 is 2.62 bits per heavy atom. The van der Waals surface area contributed by atoms with Crippen LogP contribution < -0.4 is 9.64 Å². The fourth-order valence-corrected chi connectivity index (χ4v) is 9.45. The average molecular weight is 684 g/mol. The van der Waals surface area contributed by atoms with E-state index in [-0.39, 0.29) is 23.1 Å². The van der Waals surface area contributed by atoms with Gasteiger partial charge in [-0.05, 0) is 81.5 Å². The van der Waals surface area contributed by atoms with Crippen molar-refractivity contribution >= 4 is 11.7 Å². The summed E-state index contributed by atoms with van der Waals surface area (Å²) in [5, 5.41) is 8.44. The summed E-state index contributed by atoms with van der Waals surface area (Å²) >= 11 is 0. The van der Waals surface area contributed by atoms with Crippen molar-refractivity contribution in [3.8, 4) is 22.8 Å². The summed E-state index contributed by atoms with van der Waals surface area (Å²) in [4.78, 5) is 35.5. The van der Waals surface area contributed by atoms with Gasteiger partial charge in [0.05, 0.1) is 11.6 Å². The summed E-state index contributed by atoms with van der Waals surface area (Å²) in [7, 11) is 3.76. The van der Waals surface area contributed by atoms with Crippen molar-refractivity contribution in [1.29, 1.82) is 0 Å². The molecule has 50 heavy (non-hydrogen) atoms. The third kappa shape index (κ3) is 6.45. The molecule has 0 N–H and O–H groups in total. The minimum atomic E-state index is -0.347. The number of nitrogens with zero attached hydrogens (tertiary/aromatic N) is 9. The number of amides is 1. The van der Waals surface area contributed by atoms with Crippen LogP contribution in [0.5, 0.6) is 11.6 Å². The van der Waals surface area contributed by atoms with Crippen LogP contribution in [0.15, 0.2) is 37.1 Å². The average Bonchev–Trinajstić information content (AvgIpc) is 3.84. The predicted octanol–water partition coefficient (Wildman–Crippen LogP) is 5.25. The van der Waals surface area contributed by atoms with Crippen LogP contribution in [0.25, 0.3) is 11.1 Å². The maximum absolute atomic E-state index is 14.6. The van der Waals surface area contributed by atoms with Crippen LogP contribution in [-0.4, -0.2) is 111 Å². The molecule has 5 fully saturated rings. The molecule has 3 saturated heterocycles. The molecule has 5 heterocycles. The lowest BCUT2D eigenvalue weighted by Gasteiger charge is -2.58. The van der Waals surface area contributed by atoms with Crippen molar-refractivity contribution < 1.29 is 13.9 Å². The van der Waals surface area contributed by atoms with Crippen LogP contribution >= 0.6 is 0 Å². The highest BCUT2D eigenvalue weighted by Gasteiger charge is 2.53. The molecule has 2 saturated carbocycles. The first kappa shape index (κ1) is 33.4. The Bertz CT molecular complexity index is 1700. The van der Waals surface area contributed by atoms with Crippen LogP contribution in [0.3, 0.4) is 0 Å². The molecule has 0 unspecified atom stereocenters. The van der Waals surface area contributed by atoms with E-state index in [0.717, 1.165) is 82.6 Å². The Hall–Kier alpha value is -3.77. The van der Waals surface area contributed by atoms with Gasteiger partial charge >= 0.3 is 0 Å². The van der Waals surface area contributed by atoms with Crippen LogP contribution in [-0.2, 0) is 4.79 Å². The minimum Gasteiger partial charge on any atom is -0.434 e. The van der Waals surface area contributed by atoms with Gasteiger partial charge in [0, 0.05) is 87.6 Å². The summed E-state index contributed by atoms with van der Waals surface area (Å²) in [5.41, 5.74) is 2.54. The van der Waals surface area contributed by atoms with Crippen molar-refractivity contribution in [1.82, 2.24) is 39.8 Å². The van der Waals surface area contributed by atoms with Crippen LogP contribution in [0.4, 0.5) is 10.2 Å². The van der Waals surface area contributed by atoms with Gasteiger partial charge in [0.15, 0.2) is 5.82 Å². The lowest BCUT2D eigenvalue weighted by atomic mass is 9.67. The van der Waals surface area contributed by atoms with E-state index in [1.165, 1.54) is 31.3 Å². The van der Waals surface area contributed by atoms with Gasteiger partial charge in [0.25, 0.3) is 5.88 Å². The number of rotatable bonds is 10. The summed E-state index contributed by atoms with van der Waals surface area (Å²) in [6.45, 7) is 10.7. The molecule has 5 aliphatic rings. The van der Waals surface area contributed by atoms with E-state index in [2.05, 4.69) is 53.7 Å². The topological polar surface area (TPSA) is 104 Å².